The predicted molar refractivity (Wildman–Crippen MR) is 147 cm³/mol. The molecule has 1 amide bonds. The number of halogens is 2. The summed E-state index contributed by atoms with van der Waals surface area (Å²) in [4.78, 5) is 15.1. The van der Waals surface area contributed by atoms with Crippen LogP contribution in [-0.4, -0.2) is 37.6 Å². The first kappa shape index (κ1) is 27.9. The maximum Gasteiger partial charge on any atom is 0.227 e. The summed E-state index contributed by atoms with van der Waals surface area (Å²) in [5, 5.41) is 0.956. The van der Waals surface area contributed by atoms with Gasteiger partial charge in [0.15, 0.2) is 5.75 Å². The van der Waals surface area contributed by atoms with Crippen molar-refractivity contribution in [1.29, 1.82) is 0 Å². The first-order valence-corrected chi connectivity index (χ1v) is 12.7. The van der Waals surface area contributed by atoms with Crippen molar-refractivity contribution in [2.24, 2.45) is 11.7 Å². The van der Waals surface area contributed by atoms with Gasteiger partial charge >= 0.3 is 0 Å². The van der Waals surface area contributed by atoms with E-state index in [0.717, 1.165) is 16.7 Å². The molecule has 0 aromatic heterocycles. The number of ether oxygens (including phenoxy) is 2. The quantitative estimate of drug-likeness (QED) is 0.298. The Morgan fingerprint density at radius 2 is 1.56 bits per heavy atom. The van der Waals surface area contributed by atoms with E-state index in [1.807, 2.05) is 94.5 Å². The minimum Gasteiger partial charge on any atom is -0.490 e. The molecule has 0 heterocycles. The van der Waals surface area contributed by atoms with Crippen molar-refractivity contribution in [3.05, 3.63) is 93.5 Å². The van der Waals surface area contributed by atoms with Gasteiger partial charge in [-0.1, -0.05) is 65.7 Å². The maximum absolute atomic E-state index is 13.3. The van der Waals surface area contributed by atoms with Gasteiger partial charge in [0.2, 0.25) is 5.91 Å². The molecule has 192 valence electrons. The number of nitrogens with zero attached hydrogens (tertiary/aromatic N) is 1. The Morgan fingerprint density at radius 3 is 2.14 bits per heavy atom. The molecule has 0 fully saturated rings. The van der Waals surface area contributed by atoms with Gasteiger partial charge in [0.25, 0.3) is 0 Å². The van der Waals surface area contributed by atoms with E-state index in [4.69, 9.17) is 38.4 Å². The van der Waals surface area contributed by atoms with Crippen LogP contribution in [-0.2, 0) is 16.8 Å². The number of nitrogens with two attached hydrogens (primary N) is 1. The van der Waals surface area contributed by atoms with E-state index in [-0.39, 0.29) is 18.4 Å². The van der Waals surface area contributed by atoms with Crippen molar-refractivity contribution < 1.29 is 14.3 Å². The topological polar surface area (TPSA) is 64.8 Å². The van der Waals surface area contributed by atoms with Crippen LogP contribution < -0.4 is 15.2 Å². The molecule has 5 nitrogen and oxygen atoms in total. The average molecular weight is 530 g/mol. The zero-order valence-corrected chi connectivity index (χ0v) is 22.8. The van der Waals surface area contributed by atoms with Crippen LogP contribution in [0.3, 0.4) is 0 Å². The number of carbonyl (C=O) groups excluding carboxylic acids is 1. The van der Waals surface area contributed by atoms with Crippen LogP contribution in [0.25, 0.3) is 0 Å². The zero-order chi connectivity index (χ0) is 26.3. The fraction of sp³-hybridized carbons (Fsp3) is 0.345. The molecule has 1 unspecified atom stereocenters. The van der Waals surface area contributed by atoms with Crippen LogP contribution in [0, 0.1) is 12.8 Å². The summed E-state index contributed by atoms with van der Waals surface area (Å²) in [5.74, 6) is 0.876. The molecule has 0 spiro atoms. The van der Waals surface area contributed by atoms with E-state index in [1.54, 1.807) is 4.90 Å². The minimum atomic E-state index is -0.446. The highest BCUT2D eigenvalue weighted by Crippen LogP contribution is 2.34. The third kappa shape index (κ3) is 6.94. The number of carbonyl (C=O) groups is 1. The highest BCUT2D eigenvalue weighted by Gasteiger charge is 2.32. The molecule has 0 aliphatic heterocycles. The van der Waals surface area contributed by atoms with Crippen LogP contribution in [0.15, 0.2) is 66.7 Å². The van der Waals surface area contributed by atoms with Gasteiger partial charge in [0, 0.05) is 13.6 Å². The van der Waals surface area contributed by atoms with Crippen LogP contribution >= 0.6 is 23.2 Å². The summed E-state index contributed by atoms with van der Waals surface area (Å²) in [6.45, 7) is 6.92. The summed E-state index contributed by atoms with van der Waals surface area (Å²) in [6, 6.07) is 21.3. The molecule has 2 N–H and O–H groups in total. The van der Waals surface area contributed by atoms with Crippen molar-refractivity contribution in [2.45, 2.75) is 32.7 Å². The average Bonchev–Trinajstić information content (AvgIpc) is 2.86. The van der Waals surface area contributed by atoms with Crippen molar-refractivity contribution in [2.75, 3.05) is 26.8 Å². The SMILES string of the molecule is Cc1cc(Cl)c(OCCOc2ccc(CC(CN)C(=O)N(C)C(C)(C)c3ccccc3)cc2)c(Cl)c1. The van der Waals surface area contributed by atoms with E-state index in [9.17, 15) is 4.79 Å². The molecular weight excluding hydrogens is 495 g/mol. The monoisotopic (exact) mass is 528 g/mol. The van der Waals surface area contributed by atoms with Gasteiger partial charge in [0.1, 0.15) is 19.0 Å². The lowest BCUT2D eigenvalue weighted by Gasteiger charge is -2.38. The Labute approximate surface area is 224 Å². The Kier molecular flexibility index (Phi) is 9.66. The lowest BCUT2D eigenvalue weighted by atomic mass is 9.90. The van der Waals surface area contributed by atoms with Gasteiger partial charge < -0.3 is 20.1 Å². The highest BCUT2D eigenvalue weighted by molar-refractivity contribution is 6.37. The van der Waals surface area contributed by atoms with Gasteiger partial charge in [0.05, 0.1) is 21.5 Å². The number of benzene rings is 3. The van der Waals surface area contributed by atoms with Gasteiger partial charge in [-0.2, -0.15) is 0 Å². The number of aryl methyl sites for hydroxylation is 1. The fourth-order valence-corrected chi connectivity index (χ4v) is 4.70. The van der Waals surface area contributed by atoms with Gasteiger partial charge in [-0.15, -0.1) is 0 Å². The van der Waals surface area contributed by atoms with Gasteiger partial charge in [-0.25, -0.2) is 0 Å². The molecule has 0 saturated carbocycles. The molecule has 36 heavy (non-hydrogen) atoms. The van der Waals surface area contributed by atoms with E-state index in [1.165, 1.54) is 0 Å². The fourth-order valence-electron chi connectivity index (χ4n) is 3.99. The number of rotatable bonds is 11. The largest absolute Gasteiger partial charge is 0.490 e. The standard InChI is InChI=1S/C29H34Cl2N2O3/c1-20-16-25(30)27(26(31)17-20)36-15-14-35-24-12-10-21(11-13-24)18-22(19-32)28(34)33(4)29(2,3)23-8-6-5-7-9-23/h5-13,16-17,22H,14-15,18-19,32H2,1-4H3. The number of hydrogen-bond donors (Lipinski definition) is 1. The second kappa shape index (κ2) is 12.5. The number of amides is 1. The van der Waals surface area contributed by atoms with E-state index < -0.39 is 5.54 Å². The third-order valence-electron chi connectivity index (χ3n) is 6.43. The summed E-state index contributed by atoms with van der Waals surface area (Å²) in [7, 11) is 1.84. The normalized spacial score (nSPS) is 12.2. The summed E-state index contributed by atoms with van der Waals surface area (Å²) in [5.41, 5.74) is 8.65. The summed E-state index contributed by atoms with van der Waals surface area (Å²) in [6.07, 6.45) is 0.554. The predicted octanol–water partition coefficient (Wildman–Crippen LogP) is 6.27. The van der Waals surface area contributed by atoms with E-state index >= 15 is 0 Å². The van der Waals surface area contributed by atoms with Gasteiger partial charge in [-0.05, 0) is 68.1 Å². The second-order valence-corrected chi connectivity index (χ2v) is 10.2. The molecule has 0 aliphatic rings. The zero-order valence-electron chi connectivity index (χ0n) is 21.3. The maximum atomic E-state index is 13.3. The Balaban J connectivity index is 1.54. The molecular formula is C29H34Cl2N2O3. The van der Waals surface area contributed by atoms with E-state index in [2.05, 4.69) is 0 Å². The molecule has 0 radical (unpaired) electrons. The molecule has 3 rings (SSSR count). The Morgan fingerprint density at radius 1 is 0.972 bits per heavy atom. The Hall–Kier alpha value is -2.73. The minimum absolute atomic E-state index is 0.0252. The van der Waals surface area contributed by atoms with Crippen LogP contribution in [0.4, 0.5) is 0 Å². The summed E-state index contributed by atoms with van der Waals surface area (Å²) < 4.78 is 11.5. The van der Waals surface area contributed by atoms with Crippen molar-refractivity contribution in [1.82, 2.24) is 4.90 Å². The molecule has 0 bridgehead atoms. The van der Waals surface area contributed by atoms with Crippen LogP contribution in [0.2, 0.25) is 10.0 Å². The van der Waals surface area contributed by atoms with Crippen molar-refractivity contribution >= 4 is 29.1 Å². The lowest BCUT2D eigenvalue weighted by Crippen LogP contribution is -2.47. The smallest absolute Gasteiger partial charge is 0.227 e. The van der Waals surface area contributed by atoms with Gasteiger partial charge in [-0.3, -0.25) is 4.79 Å². The molecule has 7 heteroatoms. The Bertz CT molecular complexity index is 1130. The molecule has 3 aromatic carbocycles. The molecule has 3 aromatic rings. The van der Waals surface area contributed by atoms with E-state index in [0.29, 0.717) is 41.2 Å². The highest BCUT2D eigenvalue weighted by atomic mass is 35.5. The van der Waals surface area contributed by atoms with Crippen molar-refractivity contribution in [3.8, 4) is 11.5 Å². The van der Waals surface area contributed by atoms with Crippen LogP contribution in [0.5, 0.6) is 11.5 Å². The van der Waals surface area contributed by atoms with Crippen LogP contribution in [0.1, 0.15) is 30.5 Å². The van der Waals surface area contributed by atoms with Crippen molar-refractivity contribution in [3.63, 3.8) is 0 Å². The lowest BCUT2D eigenvalue weighted by molar-refractivity contribution is -0.139. The summed E-state index contributed by atoms with van der Waals surface area (Å²) >= 11 is 12.4. The number of hydrogen-bond acceptors (Lipinski definition) is 4. The second-order valence-electron chi connectivity index (χ2n) is 9.36. The molecule has 1 atom stereocenters. The third-order valence-corrected chi connectivity index (χ3v) is 6.99. The first-order valence-electron chi connectivity index (χ1n) is 12.0. The molecule has 0 saturated heterocycles. The first-order chi connectivity index (χ1) is 17.1. The molecule has 0 aliphatic carbocycles.